The maximum atomic E-state index is 11.8. The quantitative estimate of drug-likeness (QED) is 0.395. The number of hydrogen-bond donors (Lipinski definition) is 1. The van der Waals surface area contributed by atoms with E-state index in [9.17, 15) is 9.90 Å². The van der Waals surface area contributed by atoms with Gasteiger partial charge in [-0.3, -0.25) is 4.98 Å². The topological polar surface area (TPSA) is 68.7 Å². The number of fused-ring (bicyclic) bond motifs is 1. The van der Waals surface area contributed by atoms with E-state index >= 15 is 0 Å². The molecule has 1 N–H and O–H groups in total. The van der Waals surface area contributed by atoms with E-state index in [2.05, 4.69) is 4.98 Å². The summed E-state index contributed by atoms with van der Waals surface area (Å²) in [6, 6.07) is 23.9. The second kappa shape index (κ2) is 9.49. The van der Waals surface area contributed by atoms with Gasteiger partial charge in [0.25, 0.3) is 0 Å². The number of carbonyl (C=O) groups is 1. The lowest BCUT2D eigenvalue weighted by Crippen LogP contribution is -2.29. The number of benzene rings is 3. The fourth-order valence-electron chi connectivity index (χ4n) is 3.23. The minimum atomic E-state index is -1.06. The number of carboxylic acids is 1. The molecule has 0 fully saturated rings. The number of ether oxygens (including phenoxy) is 2. The fraction of sp³-hybridized carbons (Fsp3) is 0.120. The van der Waals surface area contributed by atoms with Crippen LogP contribution in [-0.4, -0.2) is 22.2 Å². The van der Waals surface area contributed by atoms with Crippen LogP contribution in [0.1, 0.15) is 11.1 Å². The molecule has 0 saturated heterocycles. The molecule has 4 aromatic rings. The van der Waals surface area contributed by atoms with E-state index in [0.29, 0.717) is 23.1 Å². The van der Waals surface area contributed by atoms with Crippen molar-refractivity contribution in [2.45, 2.75) is 19.1 Å². The molecular weight excluding hydrogens is 414 g/mol. The fourth-order valence-corrected chi connectivity index (χ4v) is 3.35. The molecule has 0 spiro atoms. The zero-order valence-electron chi connectivity index (χ0n) is 16.6. The van der Waals surface area contributed by atoms with E-state index < -0.39 is 12.1 Å². The van der Waals surface area contributed by atoms with Crippen molar-refractivity contribution in [3.05, 3.63) is 101 Å². The van der Waals surface area contributed by atoms with Crippen LogP contribution in [0.3, 0.4) is 0 Å². The minimum Gasteiger partial charge on any atom is -0.489 e. The summed E-state index contributed by atoms with van der Waals surface area (Å²) in [6.07, 6.45) is 0.881. The average Bonchev–Trinajstić information content (AvgIpc) is 2.79. The summed E-state index contributed by atoms with van der Waals surface area (Å²) >= 11 is 5.89. The summed E-state index contributed by atoms with van der Waals surface area (Å²) in [5.74, 6) is 0.00235. The molecule has 6 heteroatoms. The van der Waals surface area contributed by atoms with Crippen LogP contribution < -0.4 is 9.47 Å². The first kappa shape index (κ1) is 20.7. The molecule has 0 aliphatic heterocycles. The van der Waals surface area contributed by atoms with Gasteiger partial charge >= 0.3 is 5.97 Å². The summed E-state index contributed by atoms with van der Waals surface area (Å²) < 4.78 is 11.7. The van der Waals surface area contributed by atoms with Crippen LogP contribution in [0.4, 0.5) is 0 Å². The zero-order valence-corrected chi connectivity index (χ0v) is 17.3. The Kier molecular flexibility index (Phi) is 6.34. The van der Waals surface area contributed by atoms with Crippen molar-refractivity contribution in [3.8, 4) is 11.5 Å². The number of para-hydroxylation sites is 2. The Bertz CT molecular complexity index is 1190. The number of carboxylic acid groups (broad SMARTS) is 1. The third-order valence-corrected chi connectivity index (χ3v) is 5.04. The third kappa shape index (κ3) is 5.32. The molecule has 1 atom stereocenters. The molecule has 0 aliphatic rings. The van der Waals surface area contributed by atoms with Gasteiger partial charge in [0, 0.05) is 28.6 Å². The Morgan fingerprint density at radius 2 is 1.74 bits per heavy atom. The number of nitrogens with zero attached hydrogens (tertiary/aromatic N) is 1. The molecule has 1 aromatic heterocycles. The van der Waals surface area contributed by atoms with Crippen LogP contribution in [0.5, 0.6) is 11.5 Å². The normalized spacial score (nSPS) is 11.8. The SMILES string of the molecule is O=C(O)C(Cc1ccccc1OCc1cnc2ccccc2c1)Oc1ccc(Cl)cc1. The van der Waals surface area contributed by atoms with Crippen molar-refractivity contribution in [2.75, 3.05) is 0 Å². The van der Waals surface area contributed by atoms with E-state index in [4.69, 9.17) is 21.1 Å². The first-order chi connectivity index (χ1) is 15.1. The van der Waals surface area contributed by atoms with Crippen LogP contribution in [-0.2, 0) is 17.8 Å². The number of halogens is 1. The predicted molar refractivity (Wildman–Crippen MR) is 120 cm³/mol. The maximum absolute atomic E-state index is 11.8. The van der Waals surface area contributed by atoms with Gasteiger partial charge in [-0.25, -0.2) is 4.79 Å². The lowest BCUT2D eigenvalue weighted by Gasteiger charge is -2.17. The van der Waals surface area contributed by atoms with Crippen molar-refractivity contribution < 1.29 is 19.4 Å². The summed E-state index contributed by atoms with van der Waals surface area (Å²) in [4.78, 5) is 16.2. The highest BCUT2D eigenvalue weighted by Crippen LogP contribution is 2.24. The molecule has 0 aliphatic carbocycles. The molecule has 1 unspecified atom stereocenters. The monoisotopic (exact) mass is 433 g/mol. The van der Waals surface area contributed by atoms with Gasteiger partial charge in [-0.05, 0) is 48.0 Å². The van der Waals surface area contributed by atoms with Gasteiger partial charge in [-0.1, -0.05) is 48.0 Å². The molecule has 5 nitrogen and oxygen atoms in total. The van der Waals surface area contributed by atoms with Crippen molar-refractivity contribution >= 4 is 28.5 Å². The highest BCUT2D eigenvalue weighted by atomic mass is 35.5. The van der Waals surface area contributed by atoms with Gasteiger partial charge in [-0.2, -0.15) is 0 Å². The Morgan fingerprint density at radius 1 is 1.00 bits per heavy atom. The number of aromatic nitrogens is 1. The minimum absolute atomic E-state index is 0.157. The van der Waals surface area contributed by atoms with Crippen LogP contribution in [0.15, 0.2) is 85.1 Å². The molecular formula is C25H20ClNO4. The van der Waals surface area contributed by atoms with E-state index in [1.54, 1.807) is 30.5 Å². The number of aliphatic carboxylic acids is 1. The molecule has 1 heterocycles. The lowest BCUT2D eigenvalue weighted by atomic mass is 10.1. The molecule has 31 heavy (non-hydrogen) atoms. The van der Waals surface area contributed by atoms with Crippen molar-refractivity contribution in [3.63, 3.8) is 0 Å². The van der Waals surface area contributed by atoms with Crippen molar-refractivity contribution in [2.24, 2.45) is 0 Å². The van der Waals surface area contributed by atoms with Gasteiger partial charge < -0.3 is 14.6 Å². The van der Waals surface area contributed by atoms with Crippen LogP contribution in [0, 0.1) is 0 Å². The van der Waals surface area contributed by atoms with Crippen molar-refractivity contribution in [1.82, 2.24) is 4.98 Å². The average molecular weight is 434 g/mol. The lowest BCUT2D eigenvalue weighted by molar-refractivity contribution is -0.145. The van der Waals surface area contributed by atoms with Crippen LogP contribution >= 0.6 is 11.6 Å². The predicted octanol–water partition coefficient (Wildman–Crippen LogP) is 5.54. The number of pyridine rings is 1. The molecule has 156 valence electrons. The van der Waals surface area contributed by atoms with Gasteiger partial charge in [0.2, 0.25) is 0 Å². The molecule has 0 radical (unpaired) electrons. The highest BCUT2D eigenvalue weighted by Gasteiger charge is 2.22. The van der Waals surface area contributed by atoms with E-state index in [0.717, 1.165) is 22.0 Å². The second-order valence-corrected chi connectivity index (χ2v) is 7.47. The molecule has 3 aromatic carbocycles. The first-order valence-electron chi connectivity index (χ1n) is 9.78. The molecule has 4 rings (SSSR count). The van der Waals surface area contributed by atoms with Crippen LogP contribution in [0.2, 0.25) is 5.02 Å². The highest BCUT2D eigenvalue weighted by molar-refractivity contribution is 6.30. The summed E-state index contributed by atoms with van der Waals surface area (Å²) in [7, 11) is 0. The molecule has 0 bridgehead atoms. The van der Waals surface area contributed by atoms with E-state index in [-0.39, 0.29) is 6.42 Å². The Balaban J connectivity index is 1.48. The Hall–Kier alpha value is -3.57. The van der Waals surface area contributed by atoms with Gasteiger partial charge in [0.05, 0.1) is 5.52 Å². The first-order valence-corrected chi connectivity index (χ1v) is 10.2. The zero-order chi connectivity index (χ0) is 21.6. The van der Waals surface area contributed by atoms with Gasteiger partial charge in [0.15, 0.2) is 6.10 Å². The maximum Gasteiger partial charge on any atom is 0.345 e. The number of hydrogen-bond acceptors (Lipinski definition) is 4. The molecule has 0 saturated carbocycles. The van der Waals surface area contributed by atoms with E-state index in [1.807, 2.05) is 54.6 Å². The largest absolute Gasteiger partial charge is 0.489 e. The second-order valence-electron chi connectivity index (χ2n) is 7.04. The Morgan fingerprint density at radius 3 is 2.55 bits per heavy atom. The standard InChI is InChI=1S/C25H20ClNO4/c26-20-9-11-21(12-10-20)31-24(25(28)29)14-19-6-2-4-8-23(19)30-16-17-13-18-5-1-3-7-22(18)27-15-17/h1-13,15,24H,14,16H2,(H,28,29). The smallest absolute Gasteiger partial charge is 0.345 e. The van der Waals surface area contributed by atoms with E-state index in [1.165, 1.54) is 0 Å². The summed E-state index contributed by atoms with van der Waals surface area (Å²) in [6.45, 7) is 0.324. The number of rotatable bonds is 8. The Labute approximate surface area is 184 Å². The van der Waals surface area contributed by atoms with Gasteiger partial charge in [0.1, 0.15) is 18.1 Å². The summed E-state index contributed by atoms with van der Waals surface area (Å²) in [5, 5.41) is 11.2. The van der Waals surface area contributed by atoms with Crippen LogP contribution in [0.25, 0.3) is 10.9 Å². The molecule has 0 amide bonds. The third-order valence-electron chi connectivity index (χ3n) is 4.79. The van der Waals surface area contributed by atoms with Crippen molar-refractivity contribution in [1.29, 1.82) is 0 Å². The summed E-state index contributed by atoms with van der Waals surface area (Å²) in [5.41, 5.74) is 2.61. The van der Waals surface area contributed by atoms with Gasteiger partial charge in [-0.15, -0.1) is 0 Å².